The minimum absolute atomic E-state index is 0.149. The summed E-state index contributed by atoms with van der Waals surface area (Å²) in [6.45, 7) is 14.8. The van der Waals surface area contributed by atoms with Crippen molar-refractivity contribution in [1.82, 2.24) is 0 Å². The zero-order chi connectivity index (χ0) is 23.0. The van der Waals surface area contributed by atoms with Crippen LogP contribution in [-0.4, -0.2) is 33.1 Å². The van der Waals surface area contributed by atoms with Crippen molar-refractivity contribution in [3.05, 3.63) is 35.5 Å². The summed E-state index contributed by atoms with van der Waals surface area (Å²) in [6.07, 6.45) is 13.4. The molecule has 3 fully saturated rings. The van der Waals surface area contributed by atoms with Crippen LogP contribution in [0.3, 0.4) is 0 Å². The van der Waals surface area contributed by atoms with Gasteiger partial charge in [0.2, 0.25) is 0 Å². The van der Waals surface area contributed by atoms with Crippen LogP contribution in [0.4, 0.5) is 0 Å². The first-order chi connectivity index (χ1) is 14.4. The molecule has 3 aliphatic carbocycles. The molecule has 0 aliphatic heterocycles. The van der Waals surface area contributed by atoms with E-state index in [1.807, 2.05) is 20.8 Å². The normalized spacial score (nSPS) is 40.4. The predicted molar refractivity (Wildman–Crippen MR) is 129 cm³/mol. The standard InChI is InChI=1S/C28H46O3/c1-18(9-7-15-27(4,5)31)23-13-14-24-21(10-8-16-28(23,24)6)11-12-22-17-25(29)20(3)26(30)19(22)2/h11-12,18,20,23-26,29-31H,2,7-10,13-17H2,1,3-6H3/b21-11+,22-12+/t18-,20+,23-,24+,25-,26-,28-/m1/s1. The quantitative estimate of drug-likeness (QED) is 0.488. The van der Waals surface area contributed by atoms with E-state index in [-0.39, 0.29) is 5.92 Å². The van der Waals surface area contributed by atoms with E-state index in [9.17, 15) is 15.3 Å². The molecule has 0 saturated heterocycles. The fourth-order valence-electron chi connectivity index (χ4n) is 6.91. The van der Waals surface area contributed by atoms with E-state index < -0.39 is 17.8 Å². The van der Waals surface area contributed by atoms with Gasteiger partial charge < -0.3 is 15.3 Å². The molecule has 3 aliphatic rings. The van der Waals surface area contributed by atoms with E-state index in [2.05, 4.69) is 32.6 Å². The van der Waals surface area contributed by atoms with Gasteiger partial charge in [0, 0.05) is 5.92 Å². The van der Waals surface area contributed by atoms with Crippen LogP contribution in [0.5, 0.6) is 0 Å². The Morgan fingerprint density at radius 3 is 2.61 bits per heavy atom. The van der Waals surface area contributed by atoms with Crippen molar-refractivity contribution in [2.75, 3.05) is 0 Å². The summed E-state index contributed by atoms with van der Waals surface area (Å²) in [7, 11) is 0. The van der Waals surface area contributed by atoms with Crippen LogP contribution in [0, 0.1) is 29.1 Å². The monoisotopic (exact) mass is 430 g/mol. The summed E-state index contributed by atoms with van der Waals surface area (Å²) < 4.78 is 0. The molecule has 3 saturated carbocycles. The van der Waals surface area contributed by atoms with E-state index in [1.165, 1.54) is 32.1 Å². The SMILES string of the molecule is C=C1/C(=C/C=C2\CCC[C@]3(C)[C@@H]([C@H](C)CCCC(C)(C)O)CC[C@@H]23)C[C@@H](O)[C@H](C)[C@@H]1O. The Morgan fingerprint density at radius 2 is 1.94 bits per heavy atom. The summed E-state index contributed by atoms with van der Waals surface area (Å²) in [5.74, 6) is 1.94. The highest BCUT2D eigenvalue weighted by atomic mass is 16.3. The van der Waals surface area contributed by atoms with Crippen molar-refractivity contribution in [3.63, 3.8) is 0 Å². The van der Waals surface area contributed by atoms with Crippen LogP contribution < -0.4 is 0 Å². The largest absolute Gasteiger partial charge is 0.392 e. The number of aliphatic hydroxyl groups is 3. The summed E-state index contributed by atoms with van der Waals surface area (Å²) in [6, 6.07) is 0. The molecular weight excluding hydrogens is 384 g/mol. The van der Waals surface area contributed by atoms with Crippen LogP contribution >= 0.6 is 0 Å². The molecule has 31 heavy (non-hydrogen) atoms. The zero-order valence-electron chi connectivity index (χ0n) is 20.5. The van der Waals surface area contributed by atoms with Crippen LogP contribution in [0.25, 0.3) is 0 Å². The van der Waals surface area contributed by atoms with Gasteiger partial charge in [0.15, 0.2) is 0 Å². The topological polar surface area (TPSA) is 60.7 Å². The Kier molecular flexibility index (Phi) is 7.61. The van der Waals surface area contributed by atoms with Crippen molar-refractivity contribution in [3.8, 4) is 0 Å². The smallest absolute Gasteiger partial charge is 0.0837 e. The lowest BCUT2D eigenvalue weighted by atomic mass is 9.60. The molecule has 3 heteroatoms. The van der Waals surface area contributed by atoms with Crippen molar-refractivity contribution in [1.29, 1.82) is 0 Å². The molecule has 0 aromatic rings. The molecule has 0 radical (unpaired) electrons. The molecular formula is C28H46O3. The van der Waals surface area contributed by atoms with E-state index in [0.717, 1.165) is 36.3 Å². The number of allylic oxidation sites excluding steroid dienone is 3. The second-order valence-electron chi connectivity index (χ2n) is 11.8. The van der Waals surface area contributed by atoms with Gasteiger partial charge in [0.1, 0.15) is 0 Å². The zero-order valence-corrected chi connectivity index (χ0v) is 20.5. The van der Waals surface area contributed by atoms with Crippen LogP contribution in [0.2, 0.25) is 0 Å². The van der Waals surface area contributed by atoms with Crippen molar-refractivity contribution < 1.29 is 15.3 Å². The lowest BCUT2D eigenvalue weighted by Crippen LogP contribution is -2.36. The maximum absolute atomic E-state index is 10.4. The summed E-state index contributed by atoms with van der Waals surface area (Å²) in [5.41, 5.74) is 3.15. The average molecular weight is 431 g/mol. The molecule has 0 bridgehead atoms. The first kappa shape index (κ1) is 24.7. The predicted octanol–water partition coefficient (Wildman–Crippen LogP) is 5.95. The Morgan fingerprint density at radius 1 is 1.23 bits per heavy atom. The van der Waals surface area contributed by atoms with Crippen molar-refractivity contribution in [2.45, 2.75) is 110 Å². The Labute approximate surface area is 190 Å². The van der Waals surface area contributed by atoms with Crippen LogP contribution in [-0.2, 0) is 0 Å². The molecule has 3 N–H and O–H groups in total. The minimum Gasteiger partial charge on any atom is -0.392 e. The molecule has 0 aromatic heterocycles. The van der Waals surface area contributed by atoms with Crippen molar-refractivity contribution in [2.24, 2.45) is 29.1 Å². The number of aliphatic hydroxyl groups excluding tert-OH is 2. The van der Waals surface area contributed by atoms with Gasteiger partial charge in [-0.15, -0.1) is 0 Å². The second-order valence-corrected chi connectivity index (χ2v) is 11.8. The molecule has 3 nitrogen and oxygen atoms in total. The van der Waals surface area contributed by atoms with Crippen LogP contribution in [0.1, 0.15) is 92.4 Å². The lowest BCUT2D eigenvalue weighted by Gasteiger charge is -2.44. The van der Waals surface area contributed by atoms with Gasteiger partial charge in [0.25, 0.3) is 0 Å². The van der Waals surface area contributed by atoms with E-state index in [1.54, 1.807) is 5.57 Å². The molecule has 0 unspecified atom stereocenters. The maximum Gasteiger partial charge on any atom is 0.0837 e. The molecule has 3 rings (SSSR count). The number of fused-ring (bicyclic) bond motifs is 1. The van der Waals surface area contributed by atoms with Crippen LogP contribution in [0.15, 0.2) is 35.5 Å². The van der Waals surface area contributed by atoms with Gasteiger partial charge in [0.05, 0.1) is 17.8 Å². The summed E-state index contributed by atoms with van der Waals surface area (Å²) in [4.78, 5) is 0. The number of hydrogen-bond donors (Lipinski definition) is 3. The third kappa shape index (κ3) is 5.37. The van der Waals surface area contributed by atoms with Crippen molar-refractivity contribution >= 4 is 0 Å². The molecule has 0 amide bonds. The van der Waals surface area contributed by atoms with E-state index in [4.69, 9.17) is 0 Å². The van der Waals surface area contributed by atoms with Gasteiger partial charge >= 0.3 is 0 Å². The van der Waals surface area contributed by atoms with Gasteiger partial charge in [-0.3, -0.25) is 0 Å². The minimum atomic E-state index is -0.648. The highest BCUT2D eigenvalue weighted by Gasteiger charge is 2.50. The summed E-state index contributed by atoms with van der Waals surface area (Å²) >= 11 is 0. The lowest BCUT2D eigenvalue weighted by molar-refractivity contribution is 0.0283. The van der Waals surface area contributed by atoms with Gasteiger partial charge in [-0.25, -0.2) is 0 Å². The highest BCUT2D eigenvalue weighted by molar-refractivity contribution is 5.39. The van der Waals surface area contributed by atoms with Gasteiger partial charge in [-0.1, -0.05) is 57.9 Å². The Hall–Kier alpha value is -0.900. The maximum atomic E-state index is 10.4. The molecule has 7 atom stereocenters. The first-order valence-corrected chi connectivity index (χ1v) is 12.6. The third-order valence-electron chi connectivity index (χ3n) is 8.97. The van der Waals surface area contributed by atoms with Gasteiger partial charge in [-0.05, 0) is 93.1 Å². The Balaban J connectivity index is 1.71. The fraction of sp³-hybridized carbons (Fsp3) is 0.786. The van der Waals surface area contributed by atoms with E-state index >= 15 is 0 Å². The Bertz CT molecular complexity index is 712. The molecule has 176 valence electrons. The molecule has 0 spiro atoms. The van der Waals surface area contributed by atoms with E-state index in [0.29, 0.717) is 23.7 Å². The fourth-order valence-corrected chi connectivity index (χ4v) is 6.91. The molecule has 0 aromatic carbocycles. The number of rotatable bonds is 6. The highest BCUT2D eigenvalue weighted by Crippen LogP contribution is 2.60. The second kappa shape index (κ2) is 9.53. The number of hydrogen-bond acceptors (Lipinski definition) is 3. The average Bonchev–Trinajstić information content (AvgIpc) is 3.04. The van der Waals surface area contributed by atoms with Gasteiger partial charge in [-0.2, -0.15) is 0 Å². The molecule has 0 heterocycles. The third-order valence-corrected chi connectivity index (χ3v) is 8.97. The summed E-state index contributed by atoms with van der Waals surface area (Å²) in [5, 5.41) is 30.7. The first-order valence-electron chi connectivity index (χ1n) is 12.6.